The number of phenolic OH excluding ortho intramolecular Hbond substituents is 1. The standard InChI is InChI=1S/C18H21FN4O5S/c1-28-13-4-2-12(3-5-13)22-9-11(8-20-22)14-6-7-15(24)18(17(14)19)23-10-16(25)21-29(23,26)27/h6-9,12-13,24H,2-5,10H2,1H3,(H,21,25). The molecule has 1 amide bonds. The lowest BCUT2D eigenvalue weighted by Gasteiger charge is -2.27. The Balaban J connectivity index is 1.66. The molecule has 4 rings (SSSR count). The van der Waals surface area contributed by atoms with Crippen LogP contribution in [0.15, 0.2) is 24.5 Å². The lowest BCUT2D eigenvalue weighted by Crippen LogP contribution is -2.30. The number of carbonyl (C=O) groups is 1. The second kappa shape index (κ2) is 7.30. The summed E-state index contributed by atoms with van der Waals surface area (Å²) in [5.74, 6) is -2.31. The number of nitrogens with zero attached hydrogens (tertiary/aromatic N) is 3. The van der Waals surface area contributed by atoms with Gasteiger partial charge in [-0.15, -0.1) is 0 Å². The van der Waals surface area contributed by atoms with Crippen LogP contribution in [0.4, 0.5) is 10.1 Å². The highest BCUT2D eigenvalue weighted by atomic mass is 32.2. The quantitative estimate of drug-likeness (QED) is 0.772. The Hall–Kier alpha value is -2.66. The Labute approximate surface area is 167 Å². The summed E-state index contributed by atoms with van der Waals surface area (Å²) in [5.41, 5.74) is -0.0214. The molecule has 2 aromatic rings. The van der Waals surface area contributed by atoms with E-state index in [9.17, 15) is 18.3 Å². The van der Waals surface area contributed by atoms with Gasteiger partial charge in [0.25, 0.3) is 5.91 Å². The molecule has 1 aliphatic carbocycles. The molecule has 9 nitrogen and oxygen atoms in total. The molecule has 1 aliphatic heterocycles. The van der Waals surface area contributed by atoms with Crippen LogP contribution in [0.2, 0.25) is 0 Å². The Morgan fingerprint density at radius 1 is 1.28 bits per heavy atom. The molecule has 2 aliphatic rings. The number of amides is 1. The predicted octanol–water partition coefficient (Wildman–Crippen LogP) is 1.71. The van der Waals surface area contributed by atoms with Crippen LogP contribution in [0.5, 0.6) is 5.75 Å². The number of nitrogens with one attached hydrogen (secondary N) is 1. The van der Waals surface area contributed by atoms with Gasteiger partial charge in [0, 0.05) is 24.4 Å². The van der Waals surface area contributed by atoms with Crippen molar-refractivity contribution in [2.24, 2.45) is 0 Å². The lowest BCUT2D eigenvalue weighted by molar-refractivity contribution is -0.117. The predicted molar refractivity (Wildman–Crippen MR) is 102 cm³/mol. The molecule has 2 fully saturated rings. The number of rotatable bonds is 4. The van der Waals surface area contributed by atoms with Crippen molar-refractivity contribution in [2.75, 3.05) is 18.0 Å². The van der Waals surface area contributed by atoms with Gasteiger partial charge in [-0.1, -0.05) is 0 Å². The number of hydrogen-bond donors (Lipinski definition) is 2. The molecule has 2 N–H and O–H groups in total. The van der Waals surface area contributed by atoms with Gasteiger partial charge in [0.1, 0.15) is 18.0 Å². The molecule has 1 aromatic heterocycles. The molecule has 0 radical (unpaired) electrons. The molecule has 11 heteroatoms. The number of aromatic nitrogens is 2. The van der Waals surface area contributed by atoms with Crippen LogP contribution >= 0.6 is 0 Å². The number of methoxy groups -OCH3 is 1. The summed E-state index contributed by atoms with van der Waals surface area (Å²) in [5, 5.41) is 14.4. The molecule has 1 aromatic carbocycles. The summed E-state index contributed by atoms with van der Waals surface area (Å²) < 4.78 is 48.8. The molecule has 0 spiro atoms. The van der Waals surface area contributed by atoms with Crippen molar-refractivity contribution >= 4 is 21.8 Å². The Kier molecular flexibility index (Phi) is 4.95. The van der Waals surface area contributed by atoms with Crippen LogP contribution < -0.4 is 9.03 Å². The van der Waals surface area contributed by atoms with Crippen molar-refractivity contribution in [1.29, 1.82) is 0 Å². The molecule has 29 heavy (non-hydrogen) atoms. The summed E-state index contributed by atoms with van der Waals surface area (Å²) in [6, 6.07) is 2.73. The third kappa shape index (κ3) is 3.55. The van der Waals surface area contributed by atoms with Gasteiger partial charge in [0.15, 0.2) is 5.82 Å². The Morgan fingerprint density at radius 3 is 2.62 bits per heavy atom. The van der Waals surface area contributed by atoms with E-state index >= 15 is 4.39 Å². The third-order valence-electron chi connectivity index (χ3n) is 5.43. The van der Waals surface area contributed by atoms with E-state index in [-0.39, 0.29) is 17.7 Å². The highest BCUT2D eigenvalue weighted by Crippen LogP contribution is 2.39. The molecule has 2 heterocycles. The smallest absolute Gasteiger partial charge is 0.326 e. The average molecular weight is 424 g/mol. The van der Waals surface area contributed by atoms with Crippen LogP contribution in [0.1, 0.15) is 31.7 Å². The molecule has 0 atom stereocenters. The maximum absolute atomic E-state index is 15.2. The van der Waals surface area contributed by atoms with Gasteiger partial charge in [-0.25, -0.2) is 13.4 Å². The first-order valence-corrected chi connectivity index (χ1v) is 10.7. The number of carbonyl (C=O) groups excluding carboxylic acids is 1. The van der Waals surface area contributed by atoms with Crippen LogP contribution in [0.3, 0.4) is 0 Å². The first-order chi connectivity index (χ1) is 13.8. The van der Waals surface area contributed by atoms with Crippen LogP contribution in [-0.4, -0.2) is 49.0 Å². The third-order valence-corrected chi connectivity index (χ3v) is 6.81. The molecular weight excluding hydrogens is 403 g/mol. The van der Waals surface area contributed by atoms with E-state index in [0.717, 1.165) is 25.7 Å². The number of phenols is 1. The first kappa shape index (κ1) is 19.6. The lowest BCUT2D eigenvalue weighted by atomic mass is 9.93. The molecule has 156 valence electrons. The summed E-state index contributed by atoms with van der Waals surface area (Å²) in [6.45, 7) is -0.599. The van der Waals surface area contributed by atoms with Crippen molar-refractivity contribution in [1.82, 2.24) is 14.5 Å². The largest absolute Gasteiger partial charge is 0.506 e. The zero-order chi connectivity index (χ0) is 20.8. The summed E-state index contributed by atoms with van der Waals surface area (Å²) in [4.78, 5) is 11.5. The van der Waals surface area contributed by atoms with E-state index < -0.39 is 39.9 Å². The van der Waals surface area contributed by atoms with Gasteiger partial charge in [-0.05, 0) is 37.8 Å². The number of aromatic hydroxyl groups is 1. The summed E-state index contributed by atoms with van der Waals surface area (Å²) >= 11 is 0. The average Bonchev–Trinajstić information content (AvgIpc) is 3.26. The van der Waals surface area contributed by atoms with Crippen molar-refractivity contribution < 1.29 is 27.4 Å². The fraction of sp³-hybridized carbons (Fsp3) is 0.444. The maximum atomic E-state index is 15.2. The minimum Gasteiger partial charge on any atom is -0.506 e. The van der Waals surface area contributed by atoms with E-state index in [2.05, 4.69) is 5.10 Å². The van der Waals surface area contributed by atoms with Gasteiger partial charge in [-0.3, -0.25) is 9.48 Å². The second-order valence-electron chi connectivity index (χ2n) is 7.21. The topological polar surface area (TPSA) is 114 Å². The van der Waals surface area contributed by atoms with E-state index in [0.29, 0.717) is 9.87 Å². The fourth-order valence-electron chi connectivity index (χ4n) is 3.88. The van der Waals surface area contributed by atoms with Crippen molar-refractivity contribution in [3.63, 3.8) is 0 Å². The van der Waals surface area contributed by atoms with Crippen LogP contribution in [0.25, 0.3) is 11.1 Å². The molecule has 0 unspecified atom stereocenters. The SMILES string of the molecule is COC1CCC(n2cc(-c3ccc(O)c(N4CC(=O)NS4(=O)=O)c3F)cn2)CC1. The fourth-order valence-corrected chi connectivity index (χ4v) is 5.05. The zero-order valence-corrected chi connectivity index (χ0v) is 16.5. The first-order valence-electron chi connectivity index (χ1n) is 9.22. The zero-order valence-electron chi connectivity index (χ0n) is 15.7. The monoisotopic (exact) mass is 424 g/mol. The van der Waals surface area contributed by atoms with Gasteiger partial charge in [-0.2, -0.15) is 13.5 Å². The summed E-state index contributed by atoms with van der Waals surface area (Å²) in [6.07, 6.45) is 7.08. The number of hydrogen-bond acceptors (Lipinski definition) is 6. The van der Waals surface area contributed by atoms with Gasteiger partial charge in [0.05, 0.1) is 18.3 Å². The summed E-state index contributed by atoms with van der Waals surface area (Å²) in [7, 11) is -2.55. The van der Waals surface area contributed by atoms with E-state index in [1.807, 2.05) is 0 Å². The number of ether oxygens (including phenoxy) is 1. The van der Waals surface area contributed by atoms with Crippen LogP contribution in [0, 0.1) is 5.82 Å². The highest BCUT2D eigenvalue weighted by Gasteiger charge is 2.38. The minimum atomic E-state index is -4.25. The van der Waals surface area contributed by atoms with Gasteiger partial charge >= 0.3 is 10.2 Å². The maximum Gasteiger partial charge on any atom is 0.326 e. The number of anilines is 1. The minimum absolute atomic E-state index is 0.0872. The van der Waals surface area contributed by atoms with Crippen LogP contribution in [-0.2, 0) is 19.7 Å². The van der Waals surface area contributed by atoms with Gasteiger partial charge in [0.2, 0.25) is 0 Å². The highest BCUT2D eigenvalue weighted by molar-refractivity contribution is 7.92. The molecule has 1 saturated carbocycles. The number of benzene rings is 1. The van der Waals surface area contributed by atoms with Crippen molar-refractivity contribution in [3.05, 3.63) is 30.3 Å². The normalized spacial score (nSPS) is 23.9. The second-order valence-corrected chi connectivity index (χ2v) is 8.80. The Morgan fingerprint density at radius 2 is 2.00 bits per heavy atom. The molecule has 1 saturated heterocycles. The van der Waals surface area contributed by atoms with Gasteiger partial charge < -0.3 is 9.84 Å². The Bertz CT molecular complexity index is 1050. The van der Waals surface area contributed by atoms with Crippen molar-refractivity contribution in [2.45, 2.75) is 37.8 Å². The molecule has 0 bridgehead atoms. The van der Waals surface area contributed by atoms with E-state index in [1.165, 1.54) is 18.3 Å². The molecular formula is C18H21FN4O5S. The van der Waals surface area contributed by atoms with E-state index in [1.54, 1.807) is 22.7 Å². The number of halogens is 1. The van der Waals surface area contributed by atoms with E-state index in [4.69, 9.17) is 4.74 Å². The van der Waals surface area contributed by atoms with Crippen molar-refractivity contribution in [3.8, 4) is 16.9 Å².